The molecule has 1 aliphatic heterocycles. The van der Waals surface area contributed by atoms with Gasteiger partial charge in [-0.3, -0.25) is 0 Å². The highest BCUT2D eigenvalue weighted by atomic mass is 19.3. The summed E-state index contributed by atoms with van der Waals surface area (Å²) in [5, 5.41) is 3.16. The van der Waals surface area contributed by atoms with Crippen LogP contribution in [0.2, 0.25) is 0 Å². The Kier molecular flexibility index (Phi) is 3.57. The highest BCUT2D eigenvalue weighted by Crippen LogP contribution is 2.38. The molecule has 1 heterocycles. The number of aryl methyl sites for hydroxylation is 2. The van der Waals surface area contributed by atoms with Crippen molar-refractivity contribution in [2.24, 2.45) is 5.92 Å². The minimum absolute atomic E-state index is 0.0151. The average Bonchev–Trinajstić information content (AvgIpc) is 2.90. The molecule has 2 aliphatic rings. The molecule has 1 unspecified atom stereocenters. The summed E-state index contributed by atoms with van der Waals surface area (Å²) in [6.45, 7) is 1.62. The van der Waals surface area contributed by atoms with Crippen molar-refractivity contribution in [1.29, 1.82) is 0 Å². The van der Waals surface area contributed by atoms with Gasteiger partial charge in [0.15, 0.2) is 0 Å². The van der Waals surface area contributed by atoms with Gasteiger partial charge in [-0.15, -0.1) is 0 Å². The highest BCUT2D eigenvalue weighted by molar-refractivity contribution is 5.35. The fourth-order valence-corrected chi connectivity index (χ4v) is 3.33. The molecular formula is C16H21F2N. The Hall–Kier alpha value is -0.960. The molecule has 0 radical (unpaired) electrons. The molecule has 0 amide bonds. The zero-order chi connectivity index (χ0) is 13.3. The van der Waals surface area contributed by atoms with Gasteiger partial charge in [0.1, 0.15) is 0 Å². The van der Waals surface area contributed by atoms with E-state index in [4.69, 9.17) is 0 Å². The van der Waals surface area contributed by atoms with Gasteiger partial charge in [-0.2, -0.15) is 0 Å². The zero-order valence-electron chi connectivity index (χ0n) is 11.2. The van der Waals surface area contributed by atoms with Gasteiger partial charge < -0.3 is 5.32 Å². The first-order chi connectivity index (χ1) is 9.15. The third-order valence-corrected chi connectivity index (χ3v) is 4.48. The van der Waals surface area contributed by atoms with Crippen molar-refractivity contribution in [1.82, 2.24) is 5.32 Å². The lowest BCUT2D eigenvalue weighted by atomic mass is 9.87. The maximum Gasteiger partial charge on any atom is 0.273 e. The summed E-state index contributed by atoms with van der Waals surface area (Å²) in [6.07, 6.45) is 5.20. The van der Waals surface area contributed by atoms with Crippen LogP contribution >= 0.6 is 0 Å². The van der Waals surface area contributed by atoms with Crippen LogP contribution in [0, 0.1) is 5.92 Å². The summed E-state index contributed by atoms with van der Waals surface area (Å²) < 4.78 is 28.7. The van der Waals surface area contributed by atoms with Gasteiger partial charge >= 0.3 is 0 Å². The molecule has 0 aromatic heterocycles. The average molecular weight is 265 g/mol. The van der Waals surface area contributed by atoms with E-state index in [-0.39, 0.29) is 17.9 Å². The van der Waals surface area contributed by atoms with E-state index in [0.717, 1.165) is 44.3 Å². The summed E-state index contributed by atoms with van der Waals surface area (Å²) in [6, 6.07) is 5.33. The second kappa shape index (κ2) is 5.20. The first-order valence-corrected chi connectivity index (χ1v) is 7.36. The molecule has 104 valence electrons. The number of alkyl halides is 2. The number of nitrogens with one attached hydrogen (secondary N) is 1. The molecule has 1 N–H and O–H groups in total. The molecule has 1 aromatic carbocycles. The molecule has 3 heteroatoms. The maximum absolute atomic E-state index is 14.4. The Balaban J connectivity index is 1.79. The minimum atomic E-state index is -2.68. The number of fused-ring (bicyclic) bond motifs is 1. The standard InChI is InChI=1S/C16H21F2N/c17-16(18,10-12-7-8-19-11-12)15-6-5-13-3-1-2-4-14(13)9-15/h5-6,9,12,19H,1-4,7-8,10-11H2. The molecule has 1 saturated heterocycles. The van der Waals surface area contributed by atoms with Crippen LogP contribution in [0.25, 0.3) is 0 Å². The topological polar surface area (TPSA) is 12.0 Å². The van der Waals surface area contributed by atoms with E-state index in [1.807, 2.05) is 6.07 Å². The van der Waals surface area contributed by atoms with E-state index in [1.165, 1.54) is 12.0 Å². The molecule has 0 bridgehead atoms. The smallest absolute Gasteiger partial charge is 0.273 e. The van der Waals surface area contributed by atoms with Crippen LogP contribution in [0.4, 0.5) is 8.78 Å². The van der Waals surface area contributed by atoms with Crippen LogP contribution < -0.4 is 5.32 Å². The van der Waals surface area contributed by atoms with E-state index >= 15 is 0 Å². The lowest BCUT2D eigenvalue weighted by Crippen LogP contribution is -2.21. The number of rotatable bonds is 3. The Labute approximate surface area is 113 Å². The van der Waals surface area contributed by atoms with E-state index in [0.29, 0.717) is 0 Å². The Morgan fingerprint density at radius 2 is 1.95 bits per heavy atom. The lowest BCUT2D eigenvalue weighted by molar-refractivity contribution is -0.0269. The molecular weight excluding hydrogens is 244 g/mol. The van der Waals surface area contributed by atoms with Gasteiger partial charge in [0, 0.05) is 12.0 Å². The quantitative estimate of drug-likeness (QED) is 0.879. The van der Waals surface area contributed by atoms with Gasteiger partial charge in [-0.05, 0) is 68.3 Å². The lowest BCUT2D eigenvalue weighted by Gasteiger charge is -2.23. The molecule has 1 aromatic rings. The van der Waals surface area contributed by atoms with Crippen molar-refractivity contribution < 1.29 is 8.78 Å². The molecule has 3 rings (SSSR count). The molecule has 1 nitrogen and oxygen atoms in total. The van der Waals surface area contributed by atoms with Crippen molar-refractivity contribution in [2.75, 3.05) is 13.1 Å². The second-order valence-corrected chi connectivity index (χ2v) is 5.96. The highest BCUT2D eigenvalue weighted by Gasteiger charge is 2.36. The summed E-state index contributed by atoms with van der Waals surface area (Å²) in [7, 11) is 0. The Morgan fingerprint density at radius 1 is 1.16 bits per heavy atom. The monoisotopic (exact) mass is 265 g/mol. The van der Waals surface area contributed by atoms with E-state index in [2.05, 4.69) is 5.32 Å². The van der Waals surface area contributed by atoms with Crippen molar-refractivity contribution in [3.63, 3.8) is 0 Å². The summed E-state index contributed by atoms with van der Waals surface area (Å²) >= 11 is 0. The van der Waals surface area contributed by atoms with Crippen molar-refractivity contribution in [3.05, 3.63) is 34.9 Å². The SMILES string of the molecule is FC(F)(CC1CCNC1)c1ccc2c(c1)CCCC2. The predicted octanol–water partition coefficient (Wildman–Crippen LogP) is 3.66. The fraction of sp³-hybridized carbons (Fsp3) is 0.625. The van der Waals surface area contributed by atoms with E-state index < -0.39 is 5.92 Å². The van der Waals surface area contributed by atoms with E-state index in [9.17, 15) is 8.78 Å². The predicted molar refractivity (Wildman–Crippen MR) is 72.6 cm³/mol. The number of halogens is 2. The Bertz CT molecular complexity index is 450. The third-order valence-electron chi connectivity index (χ3n) is 4.48. The maximum atomic E-state index is 14.4. The summed E-state index contributed by atoms with van der Waals surface area (Å²) in [5.41, 5.74) is 2.64. The van der Waals surface area contributed by atoms with Crippen molar-refractivity contribution in [2.45, 2.75) is 44.4 Å². The summed E-state index contributed by atoms with van der Waals surface area (Å²) in [4.78, 5) is 0. The number of benzene rings is 1. The Morgan fingerprint density at radius 3 is 2.68 bits per heavy atom. The van der Waals surface area contributed by atoms with Crippen LogP contribution in [0.15, 0.2) is 18.2 Å². The van der Waals surface area contributed by atoms with Crippen molar-refractivity contribution in [3.8, 4) is 0 Å². The largest absolute Gasteiger partial charge is 0.316 e. The first kappa shape index (κ1) is 13.0. The number of hydrogen-bond acceptors (Lipinski definition) is 1. The van der Waals surface area contributed by atoms with Gasteiger partial charge in [0.25, 0.3) is 5.92 Å². The minimum Gasteiger partial charge on any atom is -0.316 e. The molecule has 1 atom stereocenters. The fourth-order valence-electron chi connectivity index (χ4n) is 3.33. The van der Waals surface area contributed by atoms with Gasteiger partial charge in [-0.1, -0.05) is 12.1 Å². The van der Waals surface area contributed by atoms with Gasteiger partial charge in [0.2, 0.25) is 0 Å². The molecule has 0 saturated carbocycles. The zero-order valence-corrected chi connectivity index (χ0v) is 11.2. The second-order valence-electron chi connectivity index (χ2n) is 5.96. The summed E-state index contributed by atoms with van der Waals surface area (Å²) in [5.74, 6) is -2.56. The number of hydrogen-bond donors (Lipinski definition) is 1. The van der Waals surface area contributed by atoms with E-state index in [1.54, 1.807) is 12.1 Å². The van der Waals surface area contributed by atoms with Crippen LogP contribution in [-0.2, 0) is 18.8 Å². The van der Waals surface area contributed by atoms with Crippen LogP contribution in [0.3, 0.4) is 0 Å². The molecule has 1 fully saturated rings. The van der Waals surface area contributed by atoms with Crippen LogP contribution in [-0.4, -0.2) is 13.1 Å². The van der Waals surface area contributed by atoms with Crippen molar-refractivity contribution >= 4 is 0 Å². The van der Waals surface area contributed by atoms with Gasteiger partial charge in [-0.25, -0.2) is 8.78 Å². The van der Waals surface area contributed by atoms with Gasteiger partial charge in [0.05, 0.1) is 0 Å². The first-order valence-electron chi connectivity index (χ1n) is 7.36. The molecule has 1 aliphatic carbocycles. The normalized spacial score (nSPS) is 23.4. The molecule has 19 heavy (non-hydrogen) atoms. The third kappa shape index (κ3) is 2.81. The molecule has 0 spiro atoms. The van der Waals surface area contributed by atoms with Crippen LogP contribution in [0.1, 0.15) is 42.4 Å². The van der Waals surface area contributed by atoms with Crippen LogP contribution in [0.5, 0.6) is 0 Å².